The summed E-state index contributed by atoms with van der Waals surface area (Å²) in [7, 11) is 1.58. The van der Waals surface area contributed by atoms with Gasteiger partial charge in [-0.3, -0.25) is 14.2 Å². The van der Waals surface area contributed by atoms with Crippen molar-refractivity contribution in [3.8, 4) is 22.7 Å². The second-order valence-electron chi connectivity index (χ2n) is 6.74. The Kier molecular flexibility index (Phi) is 6.29. The summed E-state index contributed by atoms with van der Waals surface area (Å²) >= 11 is 1.25. The molecule has 0 amide bonds. The highest BCUT2D eigenvalue weighted by Gasteiger charge is 2.15. The van der Waals surface area contributed by atoms with Crippen molar-refractivity contribution >= 4 is 17.5 Å². The van der Waals surface area contributed by atoms with E-state index < -0.39 is 0 Å². The first-order valence-electron chi connectivity index (χ1n) is 9.71. The number of hydrogen-bond donors (Lipinski definition) is 0. The summed E-state index contributed by atoms with van der Waals surface area (Å²) in [5.74, 6) is 0.801. The summed E-state index contributed by atoms with van der Waals surface area (Å²) in [6.45, 7) is 0. The molecule has 0 aliphatic carbocycles. The third-order valence-electron chi connectivity index (χ3n) is 4.72. The van der Waals surface area contributed by atoms with E-state index in [4.69, 9.17) is 9.72 Å². The maximum absolute atomic E-state index is 13.0. The van der Waals surface area contributed by atoms with Crippen molar-refractivity contribution in [1.29, 1.82) is 0 Å². The number of para-hydroxylation sites is 1. The minimum absolute atomic E-state index is 0.0494. The second-order valence-corrected chi connectivity index (χ2v) is 7.68. The lowest BCUT2D eigenvalue weighted by atomic mass is 10.1. The number of carbonyl (C=O) groups excluding carboxylic acids is 1. The lowest BCUT2D eigenvalue weighted by molar-refractivity contribution is 0.102. The van der Waals surface area contributed by atoms with Crippen LogP contribution in [0.4, 0.5) is 0 Å². The van der Waals surface area contributed by atoms with Crippen molar-refractivity contribution < 1.29 is 9.53 Å². The normalized spacial score (nSPS) is 10.6. The fourth-order valence-electron chi connectivity index (χ4n) is 3.12. The van der Waals surface area contributed by atoms with Crippen molar-refractivity contribution in [2.24, 2.45) is 0 Å². The van der Waals surface area contributed by atoms with Gasteiger partial charge in [0.25, 0.3) is 5.56 Å². The summed E-state index contributed by atoms with van der Waals surface area (Å²) < 4.78 is 6.69. The van der Waals surface area contributed by atoms with E-state index in [2.05, 4.69) is 0 Å². The number of thioether (sulfide) groups is 1. The molecule has 4 rings (SSSR count). The molecule has 0 aliphatic heterocycles. The maximum Gasteiger partial charge on any atom is 0.259 e. The molecule has 31 heavy (non-hydrogen) atoms. The van der Waals surface area contributed by atoms with Crippen LogP contribution in [0.3, 0.4) is 0 Å². The number of aromatic nitrogens is 2. The van der Waals surface area contributed by atoms with Crippen molar-refractivity contribution in [1.82, 2.24) is 9.55 Å². The molecule has 0 saturated heterocycles. The van der Waals surface area contributed by atoms with Gasteiger partial charge in [-0.1, -0.05) is 60.3 Å². The molecule has 0 bridgehead atoms. The van der Waals surface area contributed by atoms with Gasteiger partial charge in [0.2, 0.25) is 0 Å². The first-order valence-corrected chi connectivity index (χ1v) is 10.7. The number of nitrogens with zero attached hydrogens (tertiary/aromatic N) is 2. The van der Waals surface area contributed by atoms with Crippen molar-refractivity contribution in [2.45, 2.75) is 5.16 Å². The van der Waals surface area contributed by atoms with E-state index in [-0.39, 0.29) is 17.1 Å². The number of ketones is 1. The number of rotatable bonds is 7. The first kappa shape index (κ1) is 20.6. The van der Waals surface area contributed by atoms with Crippen molar-refractivity contribution in [2.75, 3.05) is 12.9 Å². The van der Waals surface area contributed by atoms with E-state index in [1.165, 1.54) is 17.8 Å². The molecule has 0 unspecified atom stereocenters. The van der Waals surface area contributed by atoms with Gasteiger partial charge in [-0.15, -0.1) is 0 Å². The number of ether oxygens (including phenoxy) is 1. The Morgan fingerprint density at radius 3 is 2.23 bits per heavy atom. The number of benzene rings is 3. The molecule has 0 radical (unpaired) electrons. The van der Waals surface area contributed by atoms with E-state index in [0.717, 1.165) is 5.56 Å². The number of methoxy groups -OCH3 is 1. The topological polar surface area (TPSA) is 61.2 Å². The van der Waals surface area contributed by atoms with Crippen LogP contribution in [0.15, 0.2) is 101 Å². The smallest absolute Gasteiger partial charge is 0.259 e. The molecular formula is C25H20N2O3S. The average Bonchev–Trinajstić information content (AvgIpc) is 2.83. The van der Waals surface area contributed by atoms with Gasteiger partial charge in [-0.05, 0) is 36.4 Å². The van der Waals surface area contributed by atoms with Gasteiger partial charge in [-0.25, -0.2) is 4.98 Å². The summed E-state index contributed by atoms with van der Waals surface area (Å²) in [5.41, 5.74) is 2.53. The van der Waals surface area contributed by atoms with E-state index in [0.29, 0.717) is 27.9 Å². The van der Waals surface area contributed by atoms with Crippen molar-refractivity contribution in [3.05, 3.63) is 107 Å². The van der Waals surface area contributed by atoms with Gasteiger partial charge in [0.15, 0.2) is 10.9 Å². The van der Waals surface area contributed by atoms with Crippen LogP contribution in [0.2, 0.25) is 0 Å². The second kappa shape index (κ2) is 9.45. The minimum Gasteiger partial charge on any atom is -0.497 e. The standard InChI is InChI=1S/C25H20N2O3S/c1-30-21-14-12-19(13-15-21)23(28)17-31-25-26-22(18-8-4-2-5-9-18)16-24(29)27(25)20-10-6-3-7-11-20/h2-16H,17H2,1H3. The average molecular weight is 429 g/mol. The number of hydrogen-bond acceptors (Lipinski definition) is 5. The third-order valence-corrected chi connectivity index (χ3v) is 5.65. The van der Waals surface area contributed by atoms with Crippen LogP contribution in [0.1, 0.15) is 10.4 Å². The van der Waals surface area contributed by atoms with Crippen LogP contribution in [0.25, 0.3) is 16.9 Å². The fraction of sp³-hybridized carbons (Fsp3) is 0.0800. The molecule has 5 nitrogen and oxygen atoms in total. The summed E-state index contributed by atoms with van der Waals surface area (Å²) in [4.78, 5) is 30.5. The zero-order valence-electron chi connectivity index (χ0n) is 16.9. The monoisotopic (exact) mass is 428 g/mol. The Labute approximate surface area is 184 Å². The Hall–Kier alpha value is -3.64. The molecule has 1 aromatic heterocycles. The molecule has 0 atom stereocenters. The Balaban J connectivity index is 1.69. The van der Waals surface area contributed by atoms with E-state index >= 15 is 0 Å². The van der Waals surface area contributed by atoms with Crippen LogP contribution in [-0.4, -0.2) is 28.2 Å². The SMILES string of the molecule is COc1ccc(C(=O)CSc2nc(-c3ccccc3)cc(=O)n2-c2ccccc2)cc1. The molecule has 0 spiro atoms. The Bertz CT molecular complexity index is 1240. The molecule has 3 aromatic carbocycles. The highest BCUT2D eigenvalue weighted by Crippen LogP contribution is 2.24. The van der Waals surface area contributed by atoms with E-state index in [1.807, 2.05) is 60.7 Å². The van der Waals surface area contributed by atoms with Crippen LogP contribution >= 0.6 is 11.8 Å². The summed E-state index contributed by atoms with van der Waals surface area (Å²) in [6.07, 6.45) is 0. The van der Waals surface area contributed by atoms with E-state index in [9.17, 15) is 9.59 Å². The fourth-order valence-corrected chi connectivity index (χ4v) is 4.03. The Morgan fingerprint density at radius 2 is 1.58 bits per heavy atom. The van der Waals surface area contributed by atoms with Crippen LogP contribution in [-0.2, 0) is 0 Å². The molecular weight excluding hydrogens is 408 g/mol. The van der Waals surface area contributed by atoms with Gasteiger partial charge >= 0.3 is 0 Å². The van der Waals surface area contributed by atoms with Gasteiger partial charge in [0, 0.05) is 17.2 Å². The molecule has 154 valence electrons. The zero-order chi connectivity index (χ0) is 21.6. The largest absolute Gasteiger partial charge is 0.497 e. The zero-order valence-corrected chi connectivity index (χ0v) is 17.7. The predicted octanol–water partition coefficient (Wildman–Crippen LogP) is 4.88. The molecule has 1 heterocycles. The molecule has 6 heteroatoms. The summed E-state index contributed by atoms with van der Waals surface area (Å²) in [6, 6.07) is 27.4. The molecule has 0 N–H and O–H groups in total. The Morgan fingerprint density at radius 1 is 0.935 bits per heavy atom. The number of Topliss-reactive ketones (excluding diaryl/α,β-unsaturated/α-hetero) is 1. The van der Waals surface area contributed by atoms with Gasteiger partial charge in [0.1, 0.15) is 5.75 Å². The lowest BCUT2D eigenvalue weighted by Gasteiger charge is -2.13. The molecule has 0 aliphatic rings. The molecule has 0 saturated carbocycles. The highest BCUT2D eigenvalue weighted by molar-refractivity contribution is 7.99. The molecule has 0 fully saturated rings. The van der Waals surface area contributed by atoms with Crippen molar-refractivity contribution in [3.63, 3.8) is 0 Å². The lowest BCUT2D eigenvalue weighted by Crippen LogP contribution is -2.21. The third kappa shape index (κ3) is 4.75. The first-order chi connectivity index (χ1) is 15.2. The minimum atomic E-state index is -0.195. The van der Waals surface area contributed by atoms with Crippen LogP contribution in [0.5, 0.6) is 5.75 Å². The quantitative estimate of drug-likeness (QED) is 0.238. The van der Waals surface area contributed by atoms with Gasteiger partial charge in [-0.2, -0.15) is 0 Å². The van der Waals surface area contributed by atoms with Gasteiger partial charge < -0.3 is 4.74 Å². The van der Waals surface area contributed by atoms with Crippen LogP contribution in [0, 0.1) is 0 Å². The maximum atomic E-state index is 13.0. The predicted molar refractivity (Wildman–Crippen MR) is 123 cm³/mol. The highest BCUT2D eigenvalue weighted by atomic mass is 32.2. The summed E-state index contributed by atoms with van der Waals surface area (Å²) in [5, 5.41) is 0.472. The van der Waals surface area contributed by atoms with Crippen LogP contribution < -0.4 is 10.3 Å². The number of carbonyl (C=O) groups is 1. The van der Waals surface area contributed by atoms with Gasteiger partial charge in [0.05, 0.1) is 24.2 Å². The molecule has 4 aromatic rings. The van der Waals surface area contributed by atoms with E-state index in [1.54, 1.807) is 35.9 Å².